The fourth-order valence-corrected chi connectivity index (χ4v) is 3.08. The van der Waals surface area contributed by atoms with E-state index in [2.05, 4.69) is 30.2 Å². The molecule has 1 saturated heterocycles. The zero-order valence-electron chi connectivity index (χ0n) is 13.1. The summed E-state index contributed by atoms with van der Waals surface area (Å²) in [7, 11) is 1.86. The largest absolute Gasteiger partial charge is 0.372 e. The van der Waals surface area contributed by atoms with Crippen LogP contribution in [-0.4, -0.2) is 45.0 Å². The van der Waals surface area contributed by atoms with Gasteiger partial charge in [0.05, 0.1) is 24.4 Å². The maximum Gasteiger partial charge on any atom is 0.144 e. The van der Waals surface area contributed by atoms with E-state index in [0.717, 1.165) is 31.0 Å². The van der Waals surface area contributed by atoms with Crippen molar-refractivity contribution >= 4 is 5.82 Å². The van der Waals surface area contributed by atoms with Gasteiger partial charge in [-0.25, -0.2) is 9.97 Å². The van der Waals surface area contributed by atoms with Gasteiger partial charge < -0.3 is 10.3 Å². The van der Waals surface area contributed by atoms with Crippen molar-refractivity contribution in [3.05, 3.63) is 36.3 Å². The van der Waals surface area contributed by atoms with Gasteiger partial charge in [0.1, 0.15) is 5.82 Å². The molecule has 0 saturated carbocycles. The molecule has 1 aliphatic heterocycles. The number of aromatic nitrogens is 4. The molecule has 3 rings (SSSR count). The number of imidazole rings is 1. The van der Waals surface area contributed by atoms with Gasteiger partial charge in [0.15, 0.2) is 0 Å². The van der Waals surface area contributed by atoms with E-state index < -0.39 is 0 Å². The Morgan fingerprint density at radius 3 is 2.91 bits per heavy atom. The minimum atomic E-state index is 0.710. The molecule has 0 unspecified atom stereocenters. The van der Waals surface area contributed by atoms with E-state index in [0.29, 0.717) is 5.92 Å². The number of nitrogens with zero attached hydrogens (tertiary/aromatic N) is 4. The number of aromatic amines is 1. The number of H-pyrrole nitrogens is 1. The molecule has 1 aliphatic rings. The van der Waals surface area contributed by atoms with Gasteiger partial charge in [0.2, 0.25) is 0 Å². The third-order valence-electron chi connectivity index (χ3n) is 4.35. The summed E-state index contributed by atoms with van der Waals surface area (Å²) < 4.78 is 0. The van der Waals surface area contributed by atoms with Crippen LogP contribution in [0.2, 0.25) is 0 Å². The maximum atomic E-state index is 4.50. The Labute approximate surface area is 131 Å². The van der Waals surface area contributed by atoms with Crippen molar-refractivity contribution in [1.82, 2.24) is 24.8 Å². The quantitative estimate of drug-likeness (QED) is 0.885. The second kappa shape index (κ2) is 7.35. The lowest BCUT2D eigenvalue weighted by atomic mass is 9.95. The van der Waals surface area contributed by atoms with E-state index >= 15 is 0 Å². The van der Waals surface area contributed by atoms with E-state index in [4.69, 9.17) is 0 Å². The van der Waals surface area contributed by atoms with Crippen molar-refractivity contribution in [2.45, 2.75) is 32.2 Å². The van der Waals surface area contributed by atoms with Crippen LogP contribution in [0.1, 0.15) is 30.7 Å². The van der Waals surface area contributed by atoms with Crippen LogP contribution >= 0.6 is 0 Å². The van der Waals surface area contributed by atoms with Crippen LogP contribution in [0.4, 0.5) is 5.82 Å². The fourth-order valence-electron chi connectivity index (χ4n) is 3.08. The van der Waals surface area contributed by atoms with Crippen LogP contribution in [0.3, 0.4) is 0 Å². The van der Waals surface area contributed by atoms with E-state index in [1.807, 2.05) is 25.6 Å². The number of likely N-dealkylation sites (tertiary alicyclic amines) is 1. The van der Waals surface area contributed by atoms with Crippen molar-refractivity contribution in [3.63, 3.8) is 0 Å². The lowest BCUT2D eigenvalue weighted by molar-refractivity contribution is 0.269. The highest BCUT2D eigenvalue weighted by atomic mass is 15.1. The topological polar surface area (TPSA) is 69.7 Å². The van der Waals surface area contributed by atoms with E-state index in [9.17, 15) is 0 Å². The second-order valence-electron chi connectivity index (χ2n) is 6.00. The van der Waals surface area contributed by atoms with Gasteiger partial charge in [-0.05, 0) is 44.7 Å². The number of hydrogen-bond donors (Lipinski definition) is 2. The van der Waals surface area contributed by atoms with E-state index in [1.54, 1.807) is 6.33 Å². The monoisotopic (exact) mass is 300 g/mol. The molecule has 2 aromatic rings. The van der Waals surface area contributed by atoms with Crippen molar-refractivity contribution in [2.24, 2.45) is 5.92 Å². The van der Waals surface area contributed by atoms with Crippen molar-refractivity contribution in [1.29, 1.82) is 0 Å². The van der Waals surface area contributed by atoms with Gasteiger partial charge in [-0.3, -0.25) is 9.88 Å². The third kappa shape index (κ3) is 4.04. The predicted octanol–water partition coefficient (Wildman–Crippen LogP) is 2.09. The van der Waals surface area contributed by atoms with Crippen molar-refractivity contribution in [2.75, 3.05) is 25.5 Å². The molecule has 6 heteroatoms. The molecule has 118 valence electrons. The molecular formula is C16H24N6. The highest BCUT2D eigenvalue weighted by molar-refractivity contribution is 5.29. The molecular weight excluding hydrogens is 276 g/mol. The zero-order valence-corrected chi connectivity index (χ0v) is 13.1. The molecule has 0 amide bonds. The zero-order chi connectivity index (χ0) is 15.2. The first-order valence-electron chi connectivity index (χ1n) is 8.02. The third-order valence-corrected chi connectivity index (χ3v) is 4.35. The molecule has 6 nitrogen and oxygen atoms in total. The van der Waals surface area contributed by atoms with Crippen LogP contribution < -0.4 is 5.32 Å². The summed E-state index contributed by atoms with van der Waals surface area (Å²) >= 11 is 0. The SMILES string of the molecule is CNc1cnc(C[C@@H]2CCCN(Cc3cnc[nH]3)CC2)cn1. The summed E-state index contributed by atoms with van der Waals surface area (Å²) in [6.45, 7) is 3.29. The lowest BCUT2D eigenvalue weighted by Gasteiger charge is -2.19. The first-order valence-corrected chi connectivity index (χ1v) is 8.02. The molecule has 0 aromatic carbocycles. The molecule has 2 aromatic heterocycles. The molecule has 22 heavy (non-hydrogen) atoms. The van der Waals surface area contributed by atoms with Crippen LogP contribution in [0.5, 0.6) is 0 Å². The number of nitrogens with one attached hydrogen (secondary N) is 2. The number of anilines is 1. The Balaban J connectivity index is 1.51. The van der Waals surface area contributed by atoms with Gasteiger partial charge >= 0.3 is 0 Å². The summed E-state index contributed by atoms with van der Waals surface area (Å²) in [6.07, 6.45) is 12.2. The minimum Gasteiger partial charge on any atom is -0.372 e. The Morgan fingerprint density at radius 2 is 2.18 bits per heavy atom. The molecule has 3 heterocycles. The van der Waals surface area contributed by atoms with Gasteiger partial charge in [-0.15, -0.1) is 0 Å². The highest BCUT2D eigenvalue weighted by Gasteiger charge is 2.18. The molecule has 2 N–H and O–H groups in total. The molecule has 0 radical (unpaired) electrons. The fraction of sp³-hybridized carbons (Fsp3) is 0.562. The van der Waals surface area contributed by atoms with Crippen LogP contribution in [-0.2, 0) is 13.0 Å². The summed E-state index contributed by atoms with van der Waals surface area (Å²) in [4.78, 5) is 18.7. The Hall–Kier alpha value is -1.95. The molecule has 0 aliphatic carbocycles. The lowest BCUT2D eigenvalue weighted by Crippen LogP contribution is -2.24. The minimum absolute atomic E-state index is 0.710. The van der Waals surface area contributed by atoms with E-state index in [-0.39, 0.29) is 0 Å². The van der Waals surface area contributed by atoms with Gasteiger partial charge in [-0.2, -0.15) is 0 Å². The van der Waals surface area contributed by atoms with Gasteiger partial charge in [0, 0.05) is 25.5 Å². The normalized spacial score (nSPS) is 19.8. The van der Waals surface area contributed by atoms with Crippen LogP contribution in [0.15, 0.2) is 24.9 Å². The van der Waals surface area contributed by atoms with Crippen LogP contribution in [0, 0.1) is 5.92 Å². The standard InChI is InChI=1S/C16H24N6/c1-17-16-10-19-14(9-20-16)7-13-3-2-5-22(6-4-13)11-15-8-18-12-21-15/h8-10,12-13H,2-7,11H2,1H3,(H,17,20)(H,18,21)/t13-/m1/s1. The first kappa shape index (κ1) is 15.0. The van der Waals surface area contributed by atoms with Gasteiger partial charge in [0.25, 0.3) is 0 Å². The smallest absolute Gasteiger partial charge is 0.144 e. The second-order valence-corrected chi connectivity index (χ2v) is 6.00. The predicted molar refractivity (Wildman–Crippen MR) is 86.5 cm³/mol. The summed E-state index contributed by atoms with van der Waals surface area (Å²) in [6, 6.07) is 0. The summed E-state index contributed by atoms with van der Waals surface area (Å²) in [5.41, 5.74) is 2.30. The Morgan fingerprint density at radius 1 is 1.23 bits per heavy atom. The molecule has 0 bridgehead atoms. The van der Waals surface area contributed by atoms with Gasteiger partial charge in [-0.1, -0.05) is 0 Å². The maximum absolute atomic E-state index is 4.50. The van der Waals surface area contributed by atoms with E-state index in [1.165, 1.54) is 31.5 Å². The summed E-state index contributed by atoms with van der Waals surface area (Å²) in [5.74, 6) is 1.54. The first-order chi connectivity index (χ1) is 10.8. The average molecular weight is 300 g/mol. The average Bonchev–Trinajstić information content (AvgIpc) is 2.96. The summed E-state index contributed by atoms with van der Waals surface area (Å²) in [5, 5.41) is 3.01. The van der Waals surface area contributed by atoms with Crippen molar-refractivity contribution < 1.29 is 0 Å². The molecule has 0 spiro atoms. The Kier molecular flexibility index (Phi) is 5.00. The number of rotatable bonds is 5. The highest BCUT2D eigenvalue weighted by Crippen LogP contribution is 2.22. The number of hydrogen-bond acceptors (Lipinski definition) is 5. The van der Waals surface area contributed by atoms with Crippen molar-refractivity contribution in [3.8, 4) is 0 Å². The molecule has 1 fully saturated rings. The van der Waals surface area contributed by atoms with Crippen LogP contribution in [0.25, 0.3) is 0 Å². The Bertz CT molecular complexity index is 551. The molecule has 1 atom stereocenters.